The van der Waals surface area contributed by atoms with Crippen LogP contribution in [0.4, 0.5) is 0 Å². The first-order chi connectivity index (χ1) is 10.6. The highest BCUT2D eigenvalue weighted by Gasteiger charge is 2.32. The van der Waals surface area contributed by atoms with Crippen molar-refractivity contribution in [3.63, 3.8) is 0 Å². The summed E-state index contributed by atoms with van der Waals surface area (Å²) in [5.74, 6) is 0.504. The molecule has 2 unspecified atom stereocenters. The number of hydrogen-bond donors (Lipinski definition) is 1. The number of rotatable bonds is 5. The van der Waals surface area contributed by atoms with Crippen LogP contribution in [0.1, 0.15) is 35.4 Å². The van der Waals surface area contributed by atoms with Gasteiger partial charge in [-0.2, -0.15) is 0 Å². The Morgan fingerprint density at radius 1 is 1.27 bits per heavy atom. The molecule has 0 saturated heterocycles. The van der Waals surface area contributed by atoms with Crippen LogP contribution in [0.3, 0.4) is 0 Å². The molecule has 1 aromatic carbocycles. The second-order valence-electron chi connectivity index (χ2n) is 5.81. The molecule has 0 amide bonds. The maximum atomic E-state index is 5.92. The standard InChI is InChI=1S/C18H22N2OS/c1-13-10-11-22-18(13)16-12-17(19)21-20(16)14(2)8-9-15-6-4-3-5-7-15/h3-7,10-12,14,16H,8-9,19H2,1-2H3. The van der Waals surface area contributed by atoms with Gasteiger partial charge in [0.25, 0.3) is 0 Å². The second kappa shape index (κ2) is 6.55. The lowest BCUT2D eigenvalue weighted by molar-refractivity contribution is -0.148. The van der Waals surface area contributed by atoms with Gasteiger partial charge in [0.1, 0.15) is 6.04 Å². The van der Waals surface area contributed by atoms with Crippen LogP contribution < -0.4 is 5.73 Å². The zero-order valence-electron chi connectivity index (χ0n) is 13.0. The largest absolute Gasteiger partial charge is 0.387 e. The fourth-order valence-electron chi connectivity index (χ4n) is 2.83. The lowest BCUT2D eigenvalue weighted by atomic mass is 10.0. The number of thiophene rings is 1. The van der Waals surface area contributed by atoms with Crippen molar-refractivity contribution >= 4 is 11.3 Å². The molecule has 3 nitrogen and oxygen atoms in total. The number of benzene rings is 1. The minimum atomic E-state index is 0.130. The molecule has 2 atom stereocenters. The van der Waals surface area contributed by atoms with E-state index < -0.39 is 0 Å². The zero-order valence-corrected chi connectivity index (χ0v) is 13.8. The second-order valence-corrected chi connectivity index (χ2v) is 6.75. The van der Waals surface area contributed by atoms with Gasteiger partial charge in [0.2, 0.25) is 5.88 Å². The summed E-state index contributed by atoms with van der Waals surface area (Å²) in [5, 5.41) is 4.16. The molecule has 116 valence electrons. The fourth-order valence-corrected chi connectivity index (χ4v) is 3.81. The Morgan fingerprint density at radius 2 is 2.05 bits per heavy atom. The highest BCUT2D eigenvalue weighted by molar-refractivity contribution is 7.10. The van der Waals surface area contributed by atoms with Gasteiger partial charge in [-0.3, -0.25) is 0 Å². The van der Waals surface area contributed by atoms with Crippen molar-refractivity contribution in [3.8, 4) is 0 Å². The van der Waals surface area contributed by atoms with Crippen LogP contribution in [0.2, 0.25) is 0 Å². The Hall–Kier alpha value is -1.78. The van der Waals surface area contributed by atoms with E-state index in [0.29, 0.717) is 11.9 Å². The van der Waals surface area contributed by atoms with Crippen molar-refractivity contribution in [2.45, 2.75) is 38.8 Å². The molecule has 4 heteroatoms. The van der Waals surface area contributed by atoms with Crippen molar-refractivity contribution < 1.29 is 4.84 Å². The molecule has 0 radical (unpaired) electrons. The van der Waals surface area contributed by atoms with Crippen LogP contribution in [0.5, 0.6) is 0 Å². The highest BCUT2D eigenvalue weighted by atomic mass is 32.1. The Labute approximate surface area is 136 Å². The van der Waals surface area contributed by atoms with Crippen LogP contribution >= 0.6 is 11.3 Å². The van der Waals surface area contributed by atoms with Gasteiger partial charge in [0.05, 0.1) is 0 Å². The van der Waals surface area contributed by atoms with E-state index in [1.165, 1.54) is 16.0 Å². The van der Waals surface area contributed by atoms with Gasteiger partial charge < -0.3 is 10.6 Å². The summed E-state index contributed by atoms with van der Waals surface area (Å²) in [7, 11) is 0. The molecule has 0 saturated carbocycles. The molecule has 1 aliphatic rings. The summed E-state index contributed by atoms with van der Waals surface area (Å²) >= 11 is 1.76. The van der Waals surface area contributed by atoms with Gasteiger partial charge in [0, 0.05) is 17.0 Å². The quantitative estimate of drug-likeness (QED) is 0.900. The van der Waals surface area contributed by atoms with Crippen LogP contribution in [-0.4, -0.2) is 11.1 Å². The minimum Gasteiger partial charge on any atom is -0.387 e. The fraction of sp³-hybridized carbons (Fsp3) is 0.333. The molecule has 22 heavy (non-hydrogen) atoms. The van der Waals surface area contributed by atoms with E-state index in [2.05, 4.69) is 55.6 Å². The smallest absolute Gasteiger partial charge is 0.207 e. The number of hydroxylamine groups is 2. The van der Waals surface area contributed by atoms with Gasteiger partial charge in [-0.05, 0) is 49.3 Å². The molecule has 1 aliphatic heterocycles. The lowest BCUT2D eigenvalue weighted by Crippen LogP contribution is -2.33. The van der Waals surface area contributed by atoms with E-state index in [9.17, 15) is 0 Å². The lowest BCUT2D eigenvalue weighted by Gasteiger charge is -2.28. The molecule has 3 rings (SSSR count). The van der Waals surface area contributed by atoms with Crippen molar-refractivity contribution in [1.82, 2.24) is 5.06 Å². The van der Waals surface area contributed by atoms with Crippen molar-refractivity contribution in [1.29, 1.82) is 0 Å². The summed E-state index contributed by atoms with van der Waals surface area (Å²) in [6.45, 7) is 4.34. The summed E-state index contributed by atoms with van der Waals surface area (Å²) < 4.78 is 0. The monoisotopic (exact) mass is 314 g/mol. The van der Waals surface area contributed by atoms with Crippen LogP contribution in [-0.2, 0) is 11.3 Å². The van der Waals surface area contributed by atoms with E-state index in [1.807, 2.05) is 11.1 Å². The topological polar surface area (TPSA) is 38.5 Å². The van der Waals surface area contributed by atoms with Crippen molar-refractivity contribution in [2.24, 2.45) is 5.73 Å². The molecular formula is C18H22N2OS. The van der Waals surface area contributed by atoms with Crippen LogP contribution in [0, 0.1) is 6.92 Å². The van der Waals surface area contributed by atoms with Gasteiger partial charge >= 0.3 is 0 Å². The zero-order chi connectivity index (χ0) is 15.5. The molecular weight excluding hydrogens is 292 g/mol. The first kappa shape index (κ1) is 15.1. The average Bonchev–Trinajstić information content (AvgIpc) is 3.11. The highest BCUT2D eigenvalue weighted by Crippen LogP contribution is 2.36. The normalized spacial score (nSPS) is 19.7. The molecule has 2 N–H and O–H groups in total. The maximum Gasteiger partial charge on any atom is 0.207 e. The third-order valence-electron chi connectivity index (χ3n) is 4.11. The number of hydrogen-bond acceptors (Lipinski definition) is 4. The summed E-state index contributed by atoms with van der Waals surface area (Å²) in [6, 6.07) is 13.1. The number of nitrogens with zero attached hydrogens (tertiary/aromatic N) is 1. The first-order valence-electron chi connectivity index (χ1n) is 7.66. The molecule has 0 fully saturated rings. The molecule has 0 aliphatic carbocycles. The van der Waals surface area contributed by atoms with Gasteiger partial charge in [-0.15, -0.1) is 16.4 Å². The molecule has 2 aromatic rings. The van der Waals surface area contributed by atoms with Crippen molar-refractivity contribution in [2.75, 3.05) is 0 Å². The van der Waals surface area contributed by atoms with Crippen molar-refractivity contribution in [3.05, 3.63) is 69.7 Å². The Bertz CT molecular complexity index is 650. The van der Waals surface area contributed by atoms with Gasteiger partial charge in [-0.25, -0.2) is 0 Å². The van der Waals surface area contributed by atoms with E-state index in [4.69, 9.17) is 10.6 Å². The third kappa shape index (κ3) is 3.18. The summed E-state index contributed by atoms with van der Waals surface area (Å²) in [4.78, 5) is 7.09. The van der Waals surface area contributed by atoms with Crippen LogP contribution in [0.25, 0.3) is 0 Å². The van der Waals surface area contributed by atoms with E-state index in [-0.39, 0.29) is 6.04 Å². The molecule has 1 aromatic heterocycles. The maximum absolute atomic E-state index is 5.92. The molecule has 0 bridgehead atoms. The minimum absolute atomic E-state index is 0.130. The molecule has 2 heterocycles. The van der Waals surface area contributed by atoms with E-state index >= 15 is 0 Å². The number of nitrogens with two attached hydrogens (primary N) is 1. The predicted octanol–water partition coefficient (Wildman–Crippen LogP) is 4.17. The predicted molar refractivity (Wildman–Crippen MR) is 91.2 cm³/mol. The van der Waals surface area contributed by atoms with Gasteiger partial charge in [-0.1, -0.05) is 30.3 Å². The SMILES string of the molecule is Cc1ccsc1C1C=C(N)ON1C(C)CCc1ccccc1. The number of aryl methyl sites for hydroxylation is 2. The van der Waals surface area contributed by atoms with E-state index in [0.717, 1.165) is 12.8 Å². The summed E-state index contributed by atoms with van der Waals surface area (Å²) in [6.07, 6.45) is 4.09. The third-order valence-corrected chi connectivity index (χ3v) is 5.20. The van der Waals surface area contributed by atoms with E-state index in [1.54, 1.807) is 11.3 Å². The Balaban J connectivity index is 1.69. The summed E-state index contributed by atoms with van der Waals surface area (Å²) in [5.41, 5.74) is 8.57. The first-order valence-corrected chi connectivity index (χ1v) is 8.54. The Kier molecular flexibility index (Phi) is 4.50. The van der Waals surface area contributed by atoms with Gasteiger partial charge in [0.15, 0.2) is 0 Å². The molecule has 0 spiro atoms. The average molecular weight is 314 g/mol. The van der Waals surface area contributed by atoms with Crippen LogP contribution in [0.15, 0.2) is 53.7 Å². The Morgan fingerprint density at radius 3 is 2.73 bits per heavy atom.